The molecule has 0 unspecified atom stereocenters. The number of aromatic nitrogens is 7. The Morgan fingerprint density at radius 3 is 2.76 bits per heavy atom. The molecule has 0 saturated carbocycles. The van der Waals surface area contributed by atoms with Gasteiger partial charge >= 0.3 is 0 Å². The number of halogens is 1. The van der Waals surface area contributed by atoms with Gasteiger partial charge in [0.25, 0.3) is 0 Å². The Balaban J connectivity index is 1.47. The highest BCUT2D eigenvalue weighted by Crippen LogP contribution is 2.31. The lowest BCUT2D eigenvalue weighted by Gasteiger charge is -2.30. The molecular weight excluding hydrogens is 441 g/mol. The van der Waals surface area contributed by atoms with Crippen LogP contribution in [0.15, 0.2) is 12.1 Å². The van der Waals surface area contributed by atoms with Crippen LogP contribution in [-0.2, 0) is 6.54 Å². The number of aryl methyl sites for hydroxylation is 1. The van der Waals surface area contributed by atoms with Crippen LogP contribution in [0.5, 0.6) is 5.75 Å². The lowest BCUT2D eigenvalue weighted by atomic mass is 9.98. The van der Waals surface area contributed by atoms with Crippen molar-refractivity contribution >= 4 is 28.4 Å². The summed E-state index contributed by atoms with van der Waals surface area (Å²) in [5.74, 6) is 1.77. The minimum Gasteiger partial charge on any atom is -0.494 e. The summed E-state index contributed by atoms with van der Waals surface area (Å²) in [5, 5.41) is 19.9. The first kappa shape index (κ1) is 22.3. The lowest BCUT2D eigenvalue weighted by Crippen LogP contribution is -2.35. The second-order valence-corrected chi connectivity index (χ2v) is 9.39. The quantitative estimate of drug-likeness (QED) is 0.451. The minimum atomic E-state index is -0.888. The van der Waals surface area contributed by atoms with E-state index >= 15 is 0 Å². The number of aliphatic hydroxyl groups is 1. The number of ether oxygens (including phenoxy) is 1. The van der Waals surface area contributed by atoms with Crippen molar-refractivity contribution in [2.24, 2.45) is 0 Å². The standard InChI is InChI=1S/C22H28FN9O2/c1-12-25-21(29-31(12)11-22(2,3)33)30-7-5-6-13(10-30)18-27-19-14-8-15(23)17(34-4)9-16(14)26-20(24)32(19)28-18/h8-9,13,33H,5-7,10-11H2,1-4H3,(H2,24,26)/t13-/m1/s1. The largest absolute Gasteiger partial charge is 0.494 e. The average molecular weight is 470 g/mol. The number of hydrogen-bond acceptors (Lipinski definition) is 9. The number of rotatable bonds is 5. The molecule has 12 heteroatoms. The summed E-state index contributed by atoms with van der Waals surface area (Å²) in [6.07, 6.45) is 1.81. The van der Waals surface area contributed by atoms with Crippen LogP contribution in [0.4, 0.5) is 16.3 Å². The van der Waals surface area contributed by atoms with Crippen molar-refractivity contribution in [1.82, 2.24) is 34.3 Å². The van der Waals surface area contributed by atoms with Gasteiger partial charge in [-0.2, -0.15) is 9.50 Å². The van der Waals surface area contributed by atoms with Crippen molar-refractivity contribution in [2.45, 2.75) is 51.7 Å². The first-order valence-electron chi connectivity index (χ1n) is 11.2. The van der Waals surface area contributed by atoms with Crippen LogP contribution >= 0.6 is 0 Å². The zero-order chi connectivity index (χ0) is 24.2. The predicted octanol–water partition coefficient (Wildman–Crippen LogP) is 2.06. The van der Waals surface area contributed by atoms with E-state index in [0.29, 0.717) is 41.4 Å². The molecule has 0 bridgehead atoms. The van der Waals surface area contributed by atoms with Gasteiger partial charge in [0.15, 0.2) is 23.0 Å². The van der Waals surface area contributed by atoms with Gasteiger partial charge < -0.3 is 20.5 Å². The molecule has 1 saturated heterocycles. The Labute approximate surface area is 195 Å². The van der Waals surface area contributed by atoms with Crippen LogP contribution in [0.3, 0.4) is 0 Å². The maximum Gasteiger partial charge on any atom is 0.244 e. The van der Waals surface area contributed by atoms with Gasteiger partial charge in [0.1, 0.15) is 5.82 Å². The third kappa shape index (κ3) is 3.98. The summed E-state index contributed by atoms with van der Waals surface area (Å²) >= 11 is 0. The smallest absolute Gasteiger partial charge is 0.244 e. The average Bonchev–Trinajstić information content (AvgIpc) is 3.38. The molecule has 1 aliphatic heterocycles. The first-order valence-corrected chi connectivity index (χ1v) is 11.2. The molecule has 180 valence electrons. The van der Waals surface area contributed by atoms with E-state index in [1.807, 2.05) is 6.92 Å². The maximum absolute atomic E-state index is 14.4. The van der Waals surface area contributed by atoms with Gasteiger partial charge in [-0.1, -0.05) is 0 Å². The van der Waals surface area contributed by atoms with Gasteiger partial charge in [0.2, 0.25) is 11.9 Å². The molecule has 1 fully saturated rings. The molecule has 1 atom stereocenters. The van der Waals surface area contributed by atoms with Crippen molar-refractivity contribution < 1.29 is 14.2 Å². The summed E-state index contributed by atoms with van der Waals surface area (Å²) < 4.78 is 22.7. The van der Waals surface area contributed by atoms with Crippen molar-refractivity contribution in [3.05, 3.63) is 29.6 Å². The van der Waals surface area contributed by atoms with E-state index in [2.05, 4.69) is 25.1 Å². The fourth-order valence-electron chi connectivity index (χ4n) is 4.40. The lowest BCUT2D eigenvalue weighted by molar-refractivity contribution is 0.0569. The Hall–Kier alpha value is -3.54. The normalized spacial score (nSPS) is 17.1. The Bertz CT molecular complexity index is 1370. The van der Waals surface area contributed by atoms with Gasteiger partial charge in [-0.25, -0.2) is 19.0 Å². The fraction of sp³-hybridized carbons (Fsp3) is 0.500. The SMILES string of the molecule is COc1cc2nc(N)n3nc([C@@H]4CCCN(c5nc(C)n(CC(C)(C)O)n5)C4)nc3c2cc1F. The van der Waals surface area contributed by atoms with Crippen molar-refractivity contribution in [1.29, 1.82) is 0 Å². The van der Waals surface area contributed by atoms with Gasteiger partial charge in [0, 0.05) is 30.5 Å². The van der Waals surface area contributed by atoms with Gasteiger partial charge in [-0.15, -0.1) is 10.2 Å². The van der Waals surface area contributed by atoms with Gasteiger partial charge in [-0.05, 0) is 39.7 Å². The van der Waals surface area contributed by atoms with E-state index in [4.69, 9.17) is 15.5 Å². The highest BCUT2D eigenvalue weighted by Gasteiger charge is 2.28. The van der Waals surface area contributed by atoms with E-state index < -0.39 is 11.4 Å². The summed E-state index contributed by atoms with van der Waals surface area (Å²) in [4.78, 5) is 15.8. The van der Waals surface area contributed by atoms with Crippen LogP contribution in [0.1, 0.15) is 44.3 Å². The Morgan fingerprint density at radius 1 is 1.24 bits per heavy atom. The van der Waals surface area contributed by atoms with Crippen molar-refractivity contribution in [3.8, 4) is 5.75 Å². The third-order valence-electron chi connectivity index (χ3n) is 6.04. The molecule has 5 rings (SSSR count). The summed E-state index contributed by atoms with van der Waals surface area (Å²) in [7, 11) is 1.40. The molecular formula is C22H28FN9O2. The summed E-state index contributed by atoms with van der Waals surface area (Å²) in [6, 6.07) is 2.86. The molecule has 4 aromatic rings. The highest BCUT2D eigenvalue weighted by atomic mass is 19.1. The molecule has 0 aliphatic carbocycles. The summed E-state index contributed by atoms with van der Waals surface area (Å²) in [6.45, 7) is 7.17. The van der Waals surface area contributed by atoms with Crippen LogP contribution in [0, 0.1) is 12.7 Å². The van der Waals surface area contributed by atoms with E-state index in [1.54, 1.807) is 18.5 Å². The number of hydrogen-bond donors (Lipinski definition) is 2. The van der Waals surface area contributed by atoms with Crippen LogP contribution in [0.2, 0.25) is 0 Å². The molecule has 34 heavy (non-hydrogen) atoms. The molecule has 0 radical (unpaired) electrons. The molecule has 3 N–H and O–H groups in total. The molecule has 3 aromatic heterocycles. The summed E-state index contributed by atoms with van der Waals surface area (Å²) in [5.41, 5.74) is 6.20. The zero-order valence-corrected chi connectivity index (χ0v) is 19.7. The minimum absolute atomic E-state index is 0.0211. The topological polar surface area (TPSA) is 133 Å². The number of nitrogens with zero attached hydrogens (tertiary/aromatic N) is 8. The molecule has 1 aliphatic rings. The van der Waals surface area contributed by atoms with E-state index in [0.717, 1.165) is 25.2 Å². The molecule has 11 nitrogen and oxygen atoms in total. The Morgan fingerprint density at radius 2 is 2.03 bits per heavy atom. The van der Waals surface area contributed by atoms with Crippen LogP contribution in [-0.4, -0.2) is 65.3 Å². The van der Waals surface area contributed by atoms with E-state index in [1.165, 1.54) is 23.8 Å². The predicted molar refractivity (Wildman–Crippen MR) is 124 cm³/mol. The number of nitrogens with two attached hydrogens (primary N) is 1. The number of piperidine rings is 1. The van der Waals surface area contributed by atoms with Crippen LogP contribution < -0.4 is 15.4 Å². The molecule has 4 heterocycles. The first-order chi connectivity index (χ1) is 16.1. The number of benzene rings is 1. The number of methoxy groups -OCH3 is 1. The molecule has 1 aromatic carbocycles. The van der Waals surface area contributed by atoms with Gasteiger partial charge in [0.05, 0.1) is 24.8 Å². The third-order valence-corrected chi connectivity index (χ3v) is 6.04. The Kier molecular flexibility index (Phi) is 5.27. The molecule has 0 amide bonds. The van der Waals surface area contributed by atoms with Crippen molar-refractivity contribution in [2.75, 3.05) is 30.8 Å². The van der Waals surface area contributed by atoms with Crippen LogP contribution in [0.25, 0.3) is 16.6 Å². The maximum atomic E-state index is 14.4. The number of fused-ring (bicyclic) bond motifs is 3. The highest BCUT2D eigenvalue weighted by molar-refractivity contribution is 5.93. The van der Waals surface area contributed by atoms with Gasteiger partial charge in [-0.3, -0.25) is 0 Å². The number of anilines is 2. The fourth-order valence-corrected chi connectivity index (χ4v) is 4.40. The number of nitrogen functional groups attached to an aromatic ring is 1. The molecule has 0 spiro atoms. The van der Waals surface area contributed by atoms with E-state index in [-0.39, 0.29) is 17.6 Å². The zero-order valence-electron chi connectivity index (χ0n) is 19.7. The monoisotopic (exact) mass is 469 g/mol. The second kappa shape index (κ2) is 8.05. The van der Waals surface area contributed by atoms with Crippen molar-refractivity contribution in [3.63, 3.8) is 0 Å². The van der Waals surface area contributed by atoms with E-state index in [9.17, 15) is 9.50 Å². The second-order valence-electron chi connectivity index (χ2n) is 9.39.